The van der Waals surface area contributed by atoms with Crippen molar-refractivity contribution in [3.05, 3.63) is 78.8 Å². The van der Waals surface area contributed by atoms with Crippen molar-refractivity contribution < 1.29 is 14.6 Å². The molecule has 2 N–H and O–H groups in total. The summed E-state index contributed by atoms with van der Waals surface area (Å²) in [6.45, 7) is -0.144. The van der Waals surface area contributed by atoms with E-state index in [1.165, 1.54) is 0 Å². The maximum Gasteiger partial charge on any atom is 0.323 e. The molecule has 0 saturated carbocycles. The molecule has 4 rings (SSSR count). The summed E-state index contributed by atoms with van der Waals surface area (Å²) in [7, 11) is 0. The second-order valence-electron chi connectivity index (χ2n) is 5.72. The molecular formula is C20H16N2O3. The van der Waals surface area contributed by atoms with Crippen molar-refractivity contribution in [2.75, 3.05) is 16.8 Å². The molecule has 5 nitrogen and oxygen atoms in total. The Morgan fingerprint density at radius 3 is 2.68 bits per heavy atom. The van der Waals surface area contributed by atoms with E-state index in [1.807, 2.05) is 66.7 Å². The van der Waals surface area contributed by atoms with Gasteiger partial charge in [0.2, 0.25) is 0 Å². The lowest BCUT2D eigenvalue weighted by Crippen LogP contribution is -2.28. The summed E-state index contributed by atoms with van der Waals surface area (Å²) >= 11 is 0. The molecule has 0 amide bonds. The average Bonchev–Trinajstić information content (AvgIpc) is 2.97. The predicted molar refractivity (Wildman–Crippen MR) is 97.7 cm³/mol. The van der Waals surface area contributed by atoms with E-state index in [1.54, 1.807) is 11.2 Å². The molecule has 25 heavy (non-hydrogen) atoms. The molecule has 1 heterocycles. The van der Waals surface area contributed by atoms with Crippen LogP contribution in [0.15, 0.2) is 78.8 Å². The molecule has 0 aromatic heterocycles. The van der Waals surface area contributed by atoms with E-state index in [9.17, 15) is 9.90 Å². The maximum atomic E-state index is 11.2. The van der Waals surface area contributed by atoms with Crippen LogP contribution in [0.4, 0.5) is 11.4 Å². The quantitative estimate of drug-likeness (QED) is 0.706. The van der Waals surface area contributed by atoms with Crippen LogP contribution in [0, 0.1) is 0 Å². The minimum Gasteiger partial charge on any atom is -0.480 e. The highest BCUT2D eigenvalue weighted by Gasteiger charge is 2.25. The number of nitrogens with one attached hydrogen (secondary N) is 1. The molecule has 0 radical (unpaired) electrons. The molecular weight excluding hydrogens is 316 g/mol. The number of carboxylic acids is 1. The number of benzene rings is 3. The molecule has 0 aliphatic carbocycles. The number of para-hydroxylation sites is 2. The van der Waals surface area contributed by atoms with Gasteiger partial charge in [-0.15, -0.1) is 0 Å². The Bertz CT molecular complexity index is 976. The zero-order chi connectivity index (χ0) is 17.2. The van der Waals surface area contributed by atoms with Crippen LogP contribution in [-0.4, -0.2) is 17.6 Å². The fourth-order valence-corrected chi connectivity index (χ4v) is 2.97. The predicted octanol–water partition coefficient (Wildman–Crippen LogP) is 4.03. The number of hydrogen-bond acceptors (Lipinski definition) is 4. The first kappa shape index (κ1) is 15.1. The third-order valence-corrected chi connectivity index (χ3v) is 4.09. The van der Waals surface area contributed by atoms with Gasteiger partial charge in [0.25, 0.3) is 0 Å². The van der Waals surface area contributed by atoms with Gasteiger partial charge in [0, 0.05) is 5.39 Å². The van der Waals surface area contributed by atoms with Gasteiger partial charge in [0.1, 0.15) is 24.4 Å². The van der Waals surface area contributed by atoms with Crippen molar-refractivity contribution in [3.63, 3.8) is 0 Å². The number of carbonyl (C=O) groups is 1. The highest BCUT2D eigenvalue weighted by molar-refractivity contribution is 5.88. The first-order chi connectivity index (χ1) is 12.2. The third-order valence-electron chi connectivity index (χ3n) is 4.09. The first-order valence-corrected chi connectivity index (χ1v) is 7.92. The zero-order valence-corrected chi connectivity index (χ0v) is 13.3. The van der Waals surface area contributed by atoms with Crippen molar-refractivity contribution in [1.29, 1.82) is 0 Å². The topological polar surface area (TPSA) is 61.8 Å². The molecule has 3 aromatic rings. The van der Waals surface area contributed by atoms with Gasteiger partial charge < -0.3 is 20.1 Å². The SMILES string of the molecule is O=C(O)CN1C(=COc2cccc3ccccc23)Nc2ccccc21. The van der Waals surface area contributed by atoms with Crippen LogP contribution in [-0.2, 0) is 4.79 Å². The lowest BCUT2D eigenvalue weighted by Gasteiger charge is -2.17. The van der Waals surface area contributed by atoms with Crippen LogP contribution < -0.4 is 15.0 Å². The summed E-state index contributed by atoms with van der Waals surface area (Å²) < 4.78 is 5.89. The summed E-state index contributed by atoms with van der Waals surface area (Å²) in [6, 6.07) is 21.4. The van der Waals surface area contributed by atoms with Crippen LogP contribution in [0.25, 0.3) is 10.8 Å². The number of nitrogens with zero attached hydrogens (tertiary/aromatic N) is 1. The molecule has 3 aromatic carbocycles. The van der Waals surface area contributed by atoms with Gasteiger partial charge in [-0.1, -0.05) is 48.5 Å². The second-order valence-corrected chi connectivity index (χ2v) is 5.72. The summed E-state index contributed by atoms with van der Waals surface area (Å²) in [4.78, 5) is 12.9. The molecule has 0 bridgehead atoms. The second kappa shape index (κ2) is 6.20. The van der Waals surface area contributed by atoms with Crippen molar-refractivity contribution in [1.82, 2.24) is 0 Å². The summed E-state index contributed by atoms with van der Waals surface area (Å²) in [5, 5.41) is 14.5. The van der Waals surface area contributed by atoms with Gasteiger partial charge in [-0.05, 0) is 23.6 Å². The Morgan fingerprint density at radius 2 is 1.80 bits per heavy atom. The van der Waals surface area contributed by atoms with Crippen LogP contribution in [0.1, 0.15) is 0 Å². The largest absolute Gasteiger partial charge is 0.480 e. The Labute approximate surface area is 144 Å². The average molecular weight is 332 g/mol. The maximum absolute atomic E-state index is 11.2. The minimum atomic E-state index is -0.908. The number of fused-ring (bicyclic) bond motifs is 2. The normalized spacial score (nSPS) is 14.4. The fraction of sp³-hybridized carbons (Fsp3) is 0.0500. The Hall–Kier alpha value is -3.47. The number of hydrogen-bond donors (Lipinski definition) is 2. The molecule has 0 spiro atoms. The number of carboxylic acid groups (broad SMARTS) is 1. The van der Waals surface area contributed by atoms with Crippen LogP contribution in [0.3, 0.4) is 0 Å². The molecule has 0 fully saturated rings. The molecule has 5 heteroatoms. The lowest BCUT2D eigenvalue weighted by molar-refractivity contribution is -0.135. The molecule has 124 valence electrons. The Morgan fingerprint density at radius 1 is 1.04 bits per heavy atom. The highest BCUT2D eigenvalue weighted by Crippen LogP contribution is 2.36. The van der Waals surface area contributed by atoms with E-state index < -0.39 is 5.97 Å². The molecule has 1 aliphatic heterocycles. The van der Waals surface area contributed by atoms with Crippen LogP contribution in [0.5, 0.6) is 5.75 Å². The third kappa shape index (κ3) is 2.87. The van der Waals surface area contributed by atoms with Gasteiger partial charge in [-0.2, -0.15) is 0 Å². The number of ether oxygens (including phenoxy) is 1. The smallest absolute Gasteiger partial charge is 0.323 e. The van der Waals surface area contributed by atoms with Gasteiger partial charge in [0.05, 0.1) is 11.4 Å². The lowest BCUT2D eigenvalue weighted by atomic mass is 10.1. The van der Waals surface area contributed by atoms with E-state index in [4.69, 9.17) is 4.74 Å². The fourth-order valence-electron chi connectivity index (χ4n) is 2.97. The van der Waals surface area contributed by atoms with Gasteiger partial charge in [-0.3, -0.25) is 4.79 Å². The number of rotatable bonds is 4. The highest BCUT2D eigenvalue weighted by atomic mass is 16.5. The standard InChI is InChI=1S/C20H16N2O3/c23-20(24)12-22-17-10-4-3-9-16(17)21-19(22)13-25-18-11-5-7-14-6-1-2-8-15(14)18/h1-11,13,21H,12H2,(H,23,24). The van der Waals surface area contributed by atoms with Crippen LogP contribution in [0.2, 0.25) is 0 Å². The summed E-state index contributed by atoms with van der Waals surface area (Å²) in [6.07, 6.45) is 1.56. The molecule has 1 aliphatic rings. The van der Waals surface area contributed by atoms with Crippen molar-refractivity contribution in [2.45, 2.75) is 0 Å². The monoisotopic (exact) mass is 332 g/mol. The van der Waals surface area contributed by atoms with Crippen LogP contribution >= 0.6 is 0 Å². The van der Waals surface area contributed by atoms with Gasteiger partial charge >= 0.3 is 5.97 Å². The van der Waals surface area contributed by atoms with E-state index in [0.717, 1.165) is 27.9 Å². The van der Waals surface area contributed by atoms with Crippen molar-refractivity contribution in [2.24, 2.45) is 0 Å². The van der Waals surface area contributed by atoms with Gasteiger partial charge in [-0.25, -0.2) is 0 Å². The summed E-state index contributed by atoms with van der Waals surface area (Å²) in [5.74, 6) is 0.407. The molecule has 0 saturated heterocycles. The Kier molecular flexibility index (Phi) is 3.74. The van der Waals surface area contributed by atoms with E-state index >= 15 is 0 Å². The Balaban J connectivity index is 1.67. The van der Waals surface area contributed by atoms with E-state index in [2.05, 4.69) is 5.32 Å². The van der Waals surface area contributed by atoms with E-state index in [0.29, 0.717) is 5.82 Å². The zero-order valence-electron chi connectivity index (χ0n) is 13.3. The minimum absolute atomic E-state index is 0.144. The first-order valence-electron chi connectivity index (χ1n) is 7.92. The van der Waals surface area contributed by atoms with Crippen molar-refractivity contribution in [3.8, 4) is 5.75 Å². The summed E-state index contributed by atoms with van der Waals surface area (Å²) in [5.41, 5.74) is 1.68. The number of aliphatic carboxylic acids is 1. The number of anilines is 2. The molecule has 0 unspecified atom stereocenters. The van der Waals surface area contributed by atoms with E-state index in [-0.39, 0.29) is 6.54 Å². The van der Waals surface area contributed by atoms with Gasteiger partial charge in [0.15, 0.2) is 0 Å². The molecule has 0 atom stereocenters. The van der Waals surface area contributed by atoms with Crippen molar-refractivity contribution >= 4 is 28.1 Å².